The molecule has 0 aromatic carbocycles. The molecule has 8 heteroatoms. The van der Waals surface area contributed by atoms with Crippen LogP contribution in [0.1, 0.15) is 38.6 Å². The van der Waals surface area contributed by atoms with E-state index in [0.717, 1.165) is 16.7 Å². The van der Waals surface area contributed by atoms with Gasteiger partial charge in [-0.3, -0.25) is 4.98 Å². The Bertz CT molecular complexity index is 1130. The lowest BCUT2D eigenvalue weighted by molar-refractivity contribution is 0.0270. The second-order valence-electron chi connectivity index (χ2n) is 8.27. The summed E-state index contributed by atoms with van der Waals surface area (Å²) in [5.41, 5.74) is 2.66. The maximum absolute atomic E-state index is 12.2. The van der Waals surface area contributed by atoms with E-state index in [2.05, 4.69) is 9.97 Å². The van der Waals surface area contributed by atoms with Gasteiger partial charge in [-0.1, -0.05) is 23.7 Å². The van der Waals surface area contributed by atoms with Crippen molar-refractivity contribution < 1.29 is 18.7 Å². The summed E-state index contributed by atoms with van der Waals surface area (Å²) in [6, 6.07) is 7.44. The van der Waals surface area contributed by atoms with Crippen molar-refractivity contribution in [1.29, 1.82) is 0 Å². The number of carbonyl (C=O) groups is 1. The fourth-order valence-electron chi connectivity index (χ4n) is 3.30. The zero-order valence-corrected chi connectivity index (χ0v) is 18.5. The maximum Gasteiger partial charge on any atom is 0.410 e. The summed E-state index contributed by atoms with van der Waals surface area (Å²) in [5, 5.41) is 1.34. The summed E-state index contributed by atoms with van der Waals surface area (Å²) in [5.74, 6) is 0.490. The van der Waals surface area contributed by atoms with Crippen LogP contribution in [0.25, 0.3) is 16.5 Å². The Morgan fingerprint density at radius 2 is 2.13 bits per heavy atom. The Labute approximate surface area is 185 Å². The van der Waals surface area contributed by atoms with Crippen molar-refractivity contribution in [3.05, 3.63) is 59.2 Å². The average molecular weight is 442 g/mol. The smallest absolute Gasteiger partial charge is 0.410 e. The first kappa shape index (κ1) is 21.2. The molecule has 0 atom stereocenters. The summed E-state index contributed by atoms with van der Waals surface area (Å²) in [6.45, 7) is 6.87. The monoisotopic (exact) mass is 441 g/mol. The summed E-state index contributed by atoms with van der Waals surface area (Å²) in [4.78, 5) is 22.9. The van der Waals surface area contributed by atoms with Crippen molar-refractivity contribution in [2.75, 3.05) is 13.1 Å². The molecule has 7 nitrogen and oxygen atoms in total. The molecule has 0 fully saturated rings. The van der Waals surface area contributed by atoms with Gasteiger partial charge in [0.1, 0.15) is 17.9 Å². The molecule has 31 heavy (non-hydrogen) atoms. The zero-order valence-electron chi connectivity index (χ0n) is 17.7. The third kappa shape index (κ3) is 4.99. The van der Waals surface area contributed by atoms with Crippen molar-refractivity contribution >= 4 is 34.2 Å². The molecule has 0 radical (unpaired) electrons. The highest BCUT2D eigenvalue weighted by molar-refractivity contribution is 6.35. The van der Waals surface area contributed by atoms with Crippen LogP contribution < -0.4 is 4.74 Å². The van der Waals surface area contributed by atoms with Gasteiger partial charge in [0.2, 0.25) is 5.88 Å². The molecule has 1 aliphatic heterocycles. The second kappa shape index (κ2) is 8.59. The third-order valence-electron chi connectivity index (χ3n) is 4.79. The van der Waals surface area contributed by atoms with E-state index in [-0.39, 0.29) is 12.7 Å². The lowest BCUT2D eigenvalue weighted by Crippen LogP contribution is -2.39. The topological polar surface area (TPSA) is 77.7 Å². The van der Waals surface area contributed by atoms with Crippen molar-refractivity contribution in [1.82, 2.24) is 14.9 Å². The number of pyridine rings is 2. The summed E-state index contributed by atoms with van der Waals surface area (Å²) in [6.07, 6.45) is 5.57. The van der Waals surface area contributed by atoms with Gasteiger partial charge < -0.3 is 18.8 Å². The molecule has 3 aromatic heterocycles. The summed E-state index contributed by atoms with van der Waals surface area (Å²) in [7, 11) is 0. The first-order chi connectivity index (χ1) is 14.8. The van der Waals surface area contributed by atoms with E-state index in [1.54, 1.807) is 29.5 Å². The van der Waals surface area contributed by atoms with Gasteiger partial charge in [0, 0.05) is 30.7 Å². The SMILES string of the molecule is CC(C)(C)OC(=O)N1CC=C(c2cccc(OCc3ncc(Cl)c4ccoc34)n2)CC1. The number of rotatable bonds is 4. The van der Waals surface area contributed by atoms with Crippen molar-refractivity contribution in [3.63, 3.8) is 0 Å². The van der Waals surface area contributed by atoms with E-state index in [9.17, 15) is 4.79 Å². The van der Waals surface area contributed by atoms with Crippen LogP contribution in [0.4, 0.5) is 4.79 Å². The zero-order chi connectivity index (χ0) is 22.0. The number of hydrogen-bond acceptors (Lipinski definition) is 6. The molecule has 1 amide bonds. The third-order valence-corrected chi connectivity index (χ3v) is 5.09. The van der Waals surface area contributed by atoms with Crippen LogP contribution in [0.15, 0.2) is 47.2 Å². The Morgan fingerprint density at radius 3 is 2.87 bits per heavy atom. The van der Waals surface area contributed by atoms with Crippen molar-refractivity contribution in [3.8, 4) is 5.88 Å². The minimum Gasteiger partial charge on any atom is -0.471 e. The van der Waals surface area contributed by atoms with Crippen molar-refractivity contribution in [2.45, 2.75) is 39.4 Å². The first-order valence-corrected chi connectivity index (χ1v) is 10.5. The predicted molar refractivity (Wildman–Crippen MR) is 118 cm³/mol. The van der Waals surface area contributed by atoms with Crippen LogP contribution in [0.3, 0.4) is 0 Å². The second-order valence-corrected chi connectivity index (χ2v) is 8.68. The minimum absolute atomic E-state index is 0.211. The van der Waals surface area contributed by atoms with Crippen LogP contribution in [0.5, 0.6) is 5.88 Å². The fourth-order valence-corrected chi connectivity index (χ4v) is 3.49. The molecule has 0 unspecified atom stereocenters. The summed E-state index contributed by atoms with van der Waals surface area (Å²) >= 11 is 6.14. The van der Waals surface area contributed by atoms with Crippen LogP contribution in [-0.2, 0) is 11.3 Å². The van der Waals surface area contributed by atoms with E-state index in [0.29, 0.717) is 41.7 Å². The van der Waals surface area contributed by atoms with Gasteiger partial charge in [-0.15, -0.1) is 0 Å². The highest BCUT2D eigenvalue weighted by Crippen LogP contribution is 2.27. The van der Waals surface area contributed by atoms with E-state index in [4.69, 9.17) is 25.5 Å². The molecule has 0 bridgehead atoms. The Balaban J connectivity index is 1.42. The van der Waals surface area contributed by atoms with Gasteiger partial charge in [-0.2, -0.15) is 0 Å². The first-order valence-electron chi connectivity index (χ1n) is 10.1. The number of amides is 1. The van der Waals surface area contributed by atoms with Gasteiger partial charge in [-0.05, 0) is 44.9 Å². The number of fused-ring (bicyclic) bond motifs is 1. The molecule has 162 valence electrons. The van der Waals surface area contributed by atoms with E-state index in [1.165, 1.54) is 0 Å². The normalized spacial score (nSPS) is 14.5. The molecule has 1 aliphatic rings. The molecule has 3 aromatic rings. The fraction of sp³-hybridized carbons (Fsp3) is 0.348. The van der Waals surface area contributed by atoms with Gasteiger partial charge >= 0.3 is 6.09 Å². The van der Waals surface area contributed by atoms with Crippen LogP contribution in [-0.4, -0.2) is 39.7 Å². The molecule has 0 N–H and O–H groups in total. The number of hydrogen-bond donors (Lipinski definition) is 0. The number of ether oxygens (including phenoxy) is 2. The Morgan fingerprint density at radius 1 is 1.29 bits per heavy atom. The average Bonchev–Trinajstić information content (AvgIpc) is 3.23. The number of halogens is 1. The van der Waals surface area contributed by atoms with Gasteiger partial charge in [-0.25, -0.2) is 9.78 Å². The van der Waals surface area contributed by atoms with Crippen molar-refractivity contribution in [2.24, 2.45) is 0 Å². The minimum atomic E-state index is -0.505. The lowest BCUT2D eigenvalue weighted by atomic mass is 10.0. The predicted octanol–water partition coefficient (Wildman–Crippen LogP) is 5.48. The van der Waals surface area contributed by atoms with E-state index in [1.807, 2.05) is 39.0 Å². The number of carbonyl (C=O) groups excluding carboxylic acids is 1. The largest absolute Gasteiger partial charge is 0.471 e. The van der Waals surface area contributed by atoms with Crippen LogP contribution >= 0.6 is 11.6 Å². The number of furan rings is 1. The number of aromatic nitrogens is 2. The molecule has 4 heterocycles. The van der Waals surface area contributed by atoms with Gasteiger partial charge in [0.25, 0.3) is 0 Å². The molecule has 0 spiro atoms. The molecular formula is C23H24ClN3O4. The van der Waals surface area contributed by atoms with Crippen LogP contribution in [0.2, 0.25) is 5.02 Å². The molecule has 4 rings (SSSR count). The lowest BCUT2D eigenvalue weighted by Gasteiger charge is -2.29. The Hall–Kier alpha value is -3.06. The molecule has 0 aliphatic carbocycles. The maximum atomic E-state index is 12.2. The van der Waals surface area contributed by atoms with Gasteiger partial charge in [0.15, 0.2) is 5.58 Å². The standard InChI is InChI=1S/C23H24ClN3O4/c1-23(2,3)31-22(28)27-10-7-15(8-11-27)18-5-4-6-20(26-18)30-14-19-21-16(9-12-29-21)17(24)13-25-19/h4-7,9,12-13H,8,10-11,14H2,1-3H3. The van der Waals surface area contributed by atoms with Crippen LogP contribution in [0, 0.1) is 0 Å². The van der Waals surface area contributed by atoms with E-state index < -0.39 is 5.60 Å². The quantitative estimate of drug-likeness (QED) is 0.533. The summed E-state index contributed by atoms with van der Waals surface area (Å²) < 4.78 is 16.8. The Kier molecular flexibility index (Phi) is 5.87. The molecule has 0 saturated heterocycles. The highest BCUT2D eigenvalue weighted by atomic mass is 35.5. The van der Waals surface area contributed by atoms with E-state index >= 15 is 0 Å². The molecular weight excluding hydrogens is 418 g/mol. The highest BCUT2D eigenvalue weighted by Gasteiger charge is 2.24. The molecule has 0 saturated carbocycles. The number of nitrogens with zero attached hydrogens (tertiary/aromatic N) is 3. The van der Waals surface area contributed by atoms with Gasteiger partial charge in [0.05, 0.1) is 17.0 Å².